The van der Waals surface area contributed by atoms with Crippen LogP contribution in [0.15, 0.2) is 12.1 Å². The lowest BCUT2D eigenvalue weighted by atomic mass is 10.1. The van der Waals surface area contributed by atoms with E-state index in [1.165, 1.54) is 0 Å². The maximum Gasteiger partial charge on any atom is 0.227 e. The van der Waals surface area contributed by atoms with Crippen molar-refractivity contribution in [2.24, 2.45) is 5.92 Å². The van der Waals surface area contributed by atoms with Crippen LogP contribution in [0.1, 0.15) is 12.0 Å². The standard InChI is InChI=1S/C12H15ClN2OS/c1-7-2-11(10(14)4-9(7)13)15-5-8(6-17)3-12(15)16/h2,4,8,17H,3,5-6,14H2,1H3. The van der Waals surface area contributed by atoms with Crippen molar-refractivity contribution in [3.63, 3.8) is 0 Å². The molecule has 0 spiro atoms. The molecule has 0 aromatic heterocycles. The Labute approximate surface area is 111 Å². The Morgan fingerprint density at radius 1 is 1.59 bits per heavy atom. The van der Waals surface area contributed by atoms with Gasteiger partial charge in [-0.2, -0.15) is 12.6 Å². The summed E-state index contributed by atoms with van der Waals surface area (Å²) in [6.07, 6.45) is 0.546. The van der Waals surface area contributed by atoms with Gasteiger partial charge < -0.3 is 10.6 Å². The number of carbonyl (C=O) groups excluding carboxylic acids is 1. The van der Waals surface area contributed by atoms with E-state index < -0.39 is 0 Å². The fraction of sp³-hybridized carbons (Fsp3) is 0.417. The highest BCUT2D eigenvalue weighted by Gasteiger charge is 2.30. The van der Waals surface area contributed by atoms with Crippen molar-refractivity contribution in [1.82, 2.24) is 0 Å². The molecule has 1 amide bonds. The molecular formula is C12H15ClN2OS. The fourth-order valence-electron chi connectivity index (χ4n) is 2.05. The van der Waals surface area contributed by atoms with Gasteiger partial charge in [-0.25, -0.2) is 0 Å². The summed E-state index contributed by atoms with van der Waals surface area (Å²) < 4.78 is 0. The van der Waals surface area contributed by atoms with Crippen molar-refractivity contribution in [1.29, 1.82) is 0 Å². The van der Waals surface area contributed by atoms with Crippen LogP contribution in [0.5, 0.6) is 0 Å². The number of hydrogen-bond donors (Lipinski definition) is 2. The number of anilines is 2. The molecule has 2 rings (SSSR count). The Kier molecular flexibility index (Phi) is 3.54. The van der Waals surface area contributed by atoms with Crippen molar-refractivity contribution in [3.05, 3.63) is 22.7 Å². The highest BCUT2D eigenvalue weighted by Crippen LogP contribution is 2.33. The zero-order valence-electron chi connectivity index (χ0n) is 9.61. The van der Waals surface area contributed by atoms with Gasteiger partial charge in [0.25, 0.3) is 0 Å². The lowest BCUT2D eigenvalue weighted by molar-refractivity contribution is -0.117. The minimum Gasteiger partial charge on any atom is -0.397 e. The van der Waals surface area contributed by atoms with Gasteiger partial charge in [0.05, 0.1) is 11.4 Å². The van der Waals surface area contributed by atoms with E-state index in [4.69, 9.17) is 17.3 Å². The first-order chi connectivity index (χ1) is 8.02. The Morgan fingerprint density at radius 2 is 2.29 bits per heavy atom. The molecule has 1 aliphatic heterocycles. The largest absolute Gasteiger partial charge is 0.397 e. The van der Waals surface area contributed by atoms with E-state index in [-0.39, 0.29) is 5.91 Å². The van der Waals surface area contributed by atoms with Gasteiger partial charge in [0, 0.05) is 18.0 Å². The van der Waals surface area contributed by atoms with Crippen LogP contribution in [-0.2, 0) is 4.79 Å². The average Bonchev–Trinajstić information content (AvgIpc) is 2.65. The number of thiol groups is 1. The van der Waals surface area contributed by atoms with Crippen molar-refractivity contribution in [2.45, 2.75) is 13.3 Å². The van der Waals surface area contributed by atoms with Gasteiger partial charge in [0.2, 0.25) is 5.91 Å². The summed E-state index contributed by atoms with van der Waals surface area (Å²) in [5.41, 5.74) is 8.17. The lowest BCUT2D eigenvalue weighted by Crippen LogP contribution is -2.25. The predicted octanol–water partition coefficient (Wildman–Crippen LogP) is 2.51. The van der Waals surface area contributed by atoms with E-state index in [1.807, 2.05) is 13.0 Å². The maximum absolute atomic E-state index is 11.9. The molecule has 92 valence electrons. The lowest BCUT2D eigenvalue weighted by Gasteiger charge is -2.19. The predicted molar refractivity (Wildman–Crippen MR) is 74.9 cm³/mol. The first kappa shape index (κ1) is 12.6. The molecule has 0 saturated carbocycles. The normalized spacial score (nSPS) is 20.1. The van der Waals surface area contributed by atoms with Gasteiger partial charge in [0.15, 0.2) is 0 Å². The van der Waals surface area contributed by atoms with Gasteiger partial charge in [-0.3, -0.25) is 4.79 Å². The fourth-order valence-corrected chi connectivity index (χ4v) is 2.47. The van der Waals surface area contributed by atoms with Crippen molar-refractivity contribution >= 4 is 41.5 Å². The first-order valence-electron chi connectivity index (χ1n) is 5.49. The molecule has 5 heteroatoms. The number of rotatable bonds is 2. The number of amides is 1. The summed E-state index contributed by atoms with van der Waals surface area (Å²) in [5.74, 6) is 1.13. The second kappa shape index (κ2) is 4.78. The SMILES string of the molecule is Cc1cc(N2CC(CS)CC2=O)c(N)cc1Cl. The van der Waals surface area contributed by atoms with E-state index >= 15 is 0 Å². The molecule has 3 nitrogen and oxygen atoms in total. The van der Waals surface area contributed by atoms with Gasteiger partial charge in [-0.15, -0.1) is 0 Å². The van der Waals surface area contributed by atoms with E-state index in [1.54, 1.807) is 11.0 Å². The Bertz CT molecular complexity index is 464. The molecule has 17 heavy (non-hydrogen) atoms. The third-order valence-corrected chi connectivity index (χ3v) is 3.99. The first-order valence-corrected chi connectivity index (χ1v) is 6.50. The summed E-state index contributed by atoms with van der Waals surface area (Å²) in [7, 11) is 0. The highest BCUT2D eigenvalue weighted by atomic mass is 35.5. The summed E-state index contributed by atoms with van der Waals surface area (Å²) in [5, 5.41) is 0.628. The monoisotopic (exact) mass is 270 g/mol. The Balaban J connectivity index is 2.35. The highest BCUT2D eigenvalue weighted by molar-refractivity contribution is 7.80. The van der Waals surface area contributed by atoms with Crippen LogP contribution in [0, 0.1) is 12.8 Å². The molecule has 2 N–H and O–H groups in total. The quantitative estimate of drug-likeness (QED) is 0.641. The number of hydrogen-bond acceptors (Lipinski definition) is 3. The van der Waals surface area contributed by atoms with Crippen LogP contribution in [0.4, 0.5) is 11.4 Å². The second-order valence-corrected chi connectivity index (χ2v) is 5.19. The van der Waals surface area contributed by atoms with E-state index in [2.05, 4.69) is 12.6 Å². The molecular weight excluding hydrogens is 256 g/mol. The van der Waals surface area contributed by atoms with Crippen molar-refractivity contribution in [2.75, 3.05) is 22.9 Å². The summed E-state index contributed by atoms with van der Waals surface area (Å²) in [6, 6.07) is 3.57. The number of carbonyl (C=O) groups is 1. The maximum atomic E-state index is 11.9. The number of benzene rings is 1. The van der Waals surface area contributed by atoms with E-state index in [9.17, 15) is 4.79 Å². The van der Waals surface area contributed by atoms with Gasteiger partial charge in [0.1, 0.15) is 0 Å². The van der Waals surface area contributed by atoms with Gasteiger partial charge in [-0.05, 0) is 36.3 Å². The summed E-state index contributed by atoms with van der Waals surface area (Å²) in [4.78, 5) is 13.6. The van der Waals surface area contributed by atoms with Crippen LogP contribution >= 0.6 is 24.2 Å². The van der Waals surface area contributed by atoms with Gasteiger partial charge in [-0.1, -0.05) is 11.6 Å². The smallest absolute Gasteiger partial charge is 0.227 e. The second-order valence-electron chi connectivity index (χ2n) is 4.42. The van der Waals surface area contributed by atoms with E-state index in [0.717, 1.165) is 11.3 Å². The minimum absolute atomic E-state index is 0.109. The number of aryl methyl sites for hydroxylation is 1. The third kappa shape index (κ3) is 2.38. The average molecular weight is 271 g/mol. The third-order valence-electron chi connectivity index (χ3n) is 3.06. The zero-order valence-corrected chi connectivity index (χ0v) is 11.3. The molecule has 1 unspecified atom stereocenters. The Hall–Kier alpha value is -0.870. The molecule has 1 saturated heterocycles. The number of nitrogens with two attached hydrogens (primary N) is 1. The molecule has 0 bridgehead atoms. The van der Waals surface area contributed by atoms with Crippen molar-refractivity contribution in [3.8, 4) is 0 Å². The van der Waals surface area contributed by atoms with Crippen LogP contribution in [0.3, 0.4) is 0 Å². The summed E-state index contributed by atoms with van der Waals surface area (Å²) >= 11 is 10.2. The molecule has 0 radical (unpaired) electrons. The minimum atomic E-state index is 0.109. The number of nitrogen functional groups attached to an aromatic ring is 1. The van der Waals surface area contributed by atoms with Crippen LogP contribution < -0.4 is 10.6 Å². The Morgan fingerprint density at radius 3 is 2.88 bits per heavy atom. The molecule has 1 aromatic rings. The topological polar surface area (TPSA) is 46.3 Å². The van der Waals surface area contributed by atoms with Crippen LogP contribution in [0.2, 0.25) is 5.02 Å². The van der Waals surface area contributed by atoms with E-state index in [0.29, 0.717) is 35.3 Å². The molecule has 1 atom stereocenters. The summed E-state index contributed by atoms with van der Waals surface area (Å²) in [6.45, 7) is 2.59. The molecule has 1 aliphatic rings. The van der Waals surface area contributed by atoms with Crippen molar-refractivity contribution < 1.29 is 4.79 Å². The van der Waals surface area contributed by atoms with Crippen LogP contribution in [-0.4, -0.2) is 18.2 Å². The molecule has 1 aromatic carbocycles. The van der Waals surface area contributed by atoms with Crippen LogP contribution in [0.25, 0.3) is 0 Å². The number of nitrogens with zero attached hydrogens (tertiary/aromatic N) is 1. The number of halogens is 1. The zero-order chi connectivity index (χ0) is 12.6. The molecule has 1 fully saturated rings. The molecule has 0 aliphatic carbocycles. The molecule has 1 heterocycles. The van der Waals surface area contributed by atoms with Gasteiger partial charge >= 0.3 is 0 Å².